The number of fused-ring (bicyclic) bond motifs is 1. The van der Waals surface area contributed by atoms with Crippen LogP contribution in [0.1, 0.15) is 38.1 Å². The van der Waals surface area contributed by atoms with Gasteiger partial charge >= 0.3 is 6.09 Å². The Bertz CT molecular complexity index is 498. The number of aliphatic hydroxyl groups excluding tert-OH is 1. The first-order chi connectivity index (χ1) is 9.28. The van der Waals surface area contributed by atoms with Crippen LogP contribution in [-0.4, -0.2) is 28.9 Å². The molecule has 0 aliphatic heterocycles. The summed E-state index contributed by atoms with van der Waals surface area (Å²) < 4.78 is 19.3. The van der Waals surface area contributed by atoms with E-state index in [1.165, 1.54) is 0 Å². The fourth-order valence-corrected chi connectivity index (χ4v) is 2.33. The molecule has 1 aliphatic rings. The first-order valence-corrected chi connectivity index (χ1v) is 6.67. The number of hydrogen-bond acceptors (Lipinski definition) is 3. The number of halogens is 1. The molecule has 0 aromatic heterocycles. The summed E-state index contributed by atoms with van der Waals surface area (Å²) in [7, 11) is 0. The van der Waals surface area contributed by atoms with Crippen molar-refractivity contribution in [2.75, 3.05) is 0 Å². The summed E-state index contributed by atoms with van der Waals surface area (Å²) in [5.41, 5.74) is 0.657. The third-order valence-corrected chi connectivity index (χ3v) is 3.21. The Labute approximate surface area is 117 Å². The Balaban J connectivity index is 2.09. The smallest absolute Gasteiger partial charge is 0.407 e. The van der Waals surface area contributed by atoms with Gasteiger partial charge in [-0.3, -0.25) is 0 Å². The van der Waals surface area contributed by atoms with Crippen LogP contribution in [0.5, 0.6) is 0 Å². The standard InChI is InChI=1S/C15H20FNO3/c1-15(2,3)20-14(19)17-11-8-9-6-4-5-7-10(9)12(16)13(11)18/h4-7,11-13,18H,8H2,1-3H3,(H,17,19)/t11-,12-,13-/m1/s1. The number of benzene rings is 1. The molecule has 0 saturated heterocycles. The van der Waals surface area contributed by atoms with Crippen LogP contribution in [0.2, 0.25) is 0 Å². The van der Waals surface area contributed by atoms with Gasteiger partial charge in [0.2, 0.25) is 0 Å². The van der Waals surface area contributed by atoms with Gasteiger partial charge in [-0.25, -0.2) is 9.18 Å². The average Bonchev–Trinajstić information content (AvgIpc) is 2.33. The van der Waals surface area contributed by atoms with Crippen molar-refractivity contribution in [3.63, 3.8) is 0 Å². The van der Waals surface area contributed by atoms with E-state index in [1.54, 1.807) is 39.0 Å². The molecule has 1 aromatic rings. The second-order valence-electron chi connectivity index (χ2n) is 6.05. The molecule has 0 bridgehead atoms. The molecule has 20 heavy (non-hydrogen) atoms. The van der Waals surface area contributed by atoms with Crippen molar-refractivity contribution in [1.82, 2.24) is 5.32 Å². The topological polar surface area (TPSA) is 58.6 Å². The third-order valence-electron chi connectivity index (χ3n) is 3.21. The van der Waals surface area contributed by atoms with Gasteiger partial charge in [0, 0.05) is 0 Å². The molecular weight excluding hydrogens is 261 g/mol. The second kappa shape index (κ2) is 5.40. The van der Waals surface area contributed by atoms with Crippen LogP contribution in [0.15, 0.2) is 24.3 Å². The maximum absolute atomic E-state index is 14.2. The van der Waals surface area contributed by atoms with E-state index < -0.39 is 30.0 Å². The highest BCUT2D eigenvalue weighted by atomic mass is 19.1. The molecule has 0 spiro atoms. The summed E-state index contributed by atoms with van der Waals surface area (Å²) in [6, 6.07) is 6.33. The van der Waals surface area contributed by atoms with Gasteiger partial charge in [0.15, 0.2) is 6.17 Å². The Morgan fingerprint density at radius 2 is 2.05 bits per heavy atom. The Morgan fingerprint density at radius 3 is 2.70 bits per heavy atom. The summed E-state index contributed by atoms with van der Waals surface area (Å²) in [5, 5.41) is 12.5. The number of rotatable bonds is 1. The van der Waals surface area contributed by atoms with Gasteiger partial charge in [0.25, 0.3) is 0 Å². The van der Waals surface area contributed by atoms with Crippen LogP contribution >= 0.6 is 0 Å². The monoisotopic (exact) mass is 281 g/mol. The number of carbonyl (C=O) groups is 1. The van der Waals surface area contributed by atoms with Crippen molar-refractivity contribution in [3.8, 4) is 0 Å². The summed E-state index contributed by atoms with van der Waals surface area (Å²) in [6.07, 6.45) is -3.03. The number of aliphatic hydroxyl groups is 1. The van der Waals surface area contributed by atoms with E-state index in [0.717, 1.165) is 5.56 Å². The highest BCUT2D eigenvalue weighted by Crippen LogP contribution is 2.33. The predicted octanol–water partition coefficient (Wildman–Crippen LogP) is 2.51. The third kappa shape index (κ3) is 3.28. The molecular formula is C15H20FNO3. The van der Waals surface area contributed by atoms with E-state index in [-0.39, 0.29) is 0 Å². The molecule has 1 aliphatic carbocycles. The van der Waals surface area contributed by atoms with Gasteiger partial charge in [-0.2, -0.15) is 0 Å². The first-order valence-electron chi connectivity index (χ1n) is 6.67. The molecule has 0 unspecified atom stereocenters. The van der Waals surface area contributed by atoms with E-state index in [4.69, 9.17) is 4.74 Å². The van der Waals surface area contributed by atoms with Crippen molar-refractivity contribution >= 4 is 6.09 Å². The fraction of sp³-hybridized carbons (Fsp3) is 0.533. The van der Waals surface area contributed by atoms with E-state index in [2.05, 4.69) is 5.32 Å². The molecule has 4 nitrogen and oxygen atoms in total. The van der Waals surface area contributed by atoms with Crippen LogP contribution in [0, 0.1) is 0 Å². The lowest BCUT2D eigenvalue weighted by atomic mass is 9.85. The largest absolute Gasteiger partial charge is 0.444 e. The van der Waals surface area contributed by atoms with Gasteiger partial charge in [-0.1, -0.05) is 24.3 Å². The van der Waals surface area contributed by atoms with Crippen molar-refractivity contribution in [2.45, 2.75) is 51.1 Å². The van der Waals surface area contributed by atoms with E-state index >= 15 is 0 Å². The normalized spacial score (nSPS) is 25.8. The summed E-state index contributed by atoms with van der Waals surface area (Å²) >= 11 is 0. The van der Waals surface area contributed by atoms with Crippen LogP contribution in [0.3, 0.4) is 0 Å². The van der Waals surface area contributed by atoms with Gasteiger partial charge in [-0.05, 0) is 38.3 Å². The van der Waals surface area contributed by atoms with Crippen molar-refractivity contribution in [1.29, 1.82) is 0 Å². The van der Waals surface area contributed by atoms with Crippen LogP contribution in [-0.2, 0) is 11.2 Å². The van der Waals surface area contributed by atoms with Gasteiger partial charge < -0.3 is 15.2 Å². The molecule has 5 heteroatoms. The van der Waals surface area contributed by atoms with Crippen molar-refractivity contribution in [2.24, 2.45) is 0 Å². The highest BCUT2D eigenvalue weighted by molar-refractivity contribution is 5.68. The highest BCUT2D eigenvalue weighted by Gasteiger charge is 2.37. The number of hydrogen-bond donors (Lipinski definition) is 2. The molecule has 3 atom stereocenters. The van der Waals surface area contributed by atoms with Gasteiger partial charge in [0.1, 0.15) is 11.7 Å². The Morgan fingerprint density at radius 1 is 1.40 bits per heavy atom. The van der Waals surface area contributed by atoms with E-state index in [9.17, 15) is 14.3 Å². The van der Waals surface area contributed by atoms with Crippen LogP contribution in [0.4, 0.5) is 9.18 Å². The number of ether oxygens (including phenoxy) is 1. The lowest BCUT2D eigenvalue weighted by Crippen LogP contribution is -2.50. The SMILES string of the molecule is CC(C)(C)OC(=O)N[C@@H]1Cc2ccccc2[C@@H](F)[C@@H]1O. The Kier molecular flexibility index (Phi) is 3.99. The quantitative estimate of drug-likeness (QED) is 0.831. The fourth-order valence-electron chi connectivity index (χ4n) is 2.33. The zero-order valence-electron chi connectivity index (χ0n) is 11.9. The molecule has 2 rings (SSSR count). The average molecular weight is 281 g/mol. The molecule has 0 fully saturated rings. The van der Waals surface area contributed by atoms with Crippen LogP contribution < -0.4 is 5.32 Å². The second-order valence-corrected chi connectivity index (χ2v) is 6.05. The molecule has 1 aromatic carbocycles. The molecule has 1 amide bonds. The minimum Gasteiger partial charge on any atom is -0.444 e. The number of amides is 1. The molecule has 0 heterocycles. The molecule has 2 N–H and O–H groups in total. The number of nitrogens with one attached hydrogen (secondary N) is 1. The van der Waals surface area contributed by atoms with Gasteiger partial charge in [0.05, 0.1) is 6.04 Å². The number of alkyl halides is 1. The molecule has 0 saturated carbocycles. The van der Waals surface area contributed by atoms with E-state index in [0.29, 0.717) is 12.0 Å². The lowest BCUT2D eigenvalue weighted by Gasteiger charge is -2.33. The number of alkyl carbamates (subject to hydrolysis) is 1. The molecule has 110 valence electrons. The zero-order valence-corrected chi connectivity index (χ0v) is 11.9. The Hall–Kier alpha value is -1.62. The van der Waals surface area contributed by atoms with Gasteiger partial charge in [-0.15, -0.1) is 0 Å². The molecule has 0 radical (unpaired) electrons. The zero-order chi connectivity index (χ0) is 14.9. The minimum absolute atomic E-state index is 0.386. The lowest BCUT2D eigenvalue weighted by molar-refractivity contribution is 0.0184. The van der Waals surface area contributed by atoms with Crippen molar-refractivity contribution in [3.05, 3.63) is 35.4 Å². The minimum atomic E-state index is -1.50. The maximum Gasteiger partial charge on any atom is 0.407 e. The van der Waals surface area contributed by atoms with E-state index in [1.807, 2.05) is 6.07 Å². The predicted molar refractivity (Wildman–Crippen MR) is 73.2 cm³/mol. The van der Waals surface area contributed by atoms with Crippen molar-refractivity contribution < 1.29 is 19.0 Å². The summed E-state index contributed by atoms with van der Waals surface area (Å²) in [6.45, 7) is 5.24. The summed E-state index contributed by atoms with van der Waals surface area (Å²) in [5.74, 6) is 0. The summed E-state index contributed by atoms with van der Waals surface area (Å²) in [4.78, 5) is 11.7. The first kappa shape index (κ1) is 14.8. The maximum atomic E-state index is 14.2. The van der Waals surface area contributed by atoms with Crippen LogP contribution in [0.25, 0.3) is 0 Å². The number of carbonyl (C=O) groups excluding carboxylic acids is 1.